The number of carbonyl (C=O) groups is 3. The molecule has 5 aliphatic rings. The van der Waals surface area contributed by atoms with E-state index in [1.165, 1.54) is 25.7 Å². The second-order valence-corrected chi connectivity index (χ2v) is 16.5. The first kappa shape index (κ1) is 33.2. The van der Waals surface area contributed by atoms with Crippen molar-refractivity contribution in [3.63, 3.8) is 0 Å². The third kappa shape index (κ3) is 5.31. The predicted molar refractivity (Wildman–Crippen MR) is 191 cm³/mol. The summed E-state index contributed by atoms with van der Waals surface area (Å²) in [7, 11) is 0. The first-order chi connectivity index (χ1) is 24.0. The van der Waals surface area contributed by atoms with Gasteiger partial charge >= 0.3 is 17.9 Å². The summed E-state index contributed by atoms with van der Waals surface area (Å²) in [5, 5.41) is 0. The van der Waals surface area contributed by atoms with Crippen molar-refractivity contribution in [2.45, 2.75) is 110 Å². The number of benzene rings is 3. The summed E-state index contributed by atoms with van der Waals surface area (Å²) in [6, 6.07) is 15.7. The summed E-state index contributed by atoms with van der Waals surface area (Å²) in [6.45, 7) is 12.4. The molecule has 3 aromatic rings. The first-order valence-electron chi connectivity index (χ1n) is 19.1. The van der Waals surface area contributed by atoms with Crippen molar-refractivity contribution in [2.75, 3.05) is 0 Å². The van der Waals surface area contributed by atoms with Crippen LogP contribution in [0.1, 0.15) is 140 Å². The molecule has 0 radical (unpaired) electrons. The Kier molecular flexibility index (Phi) is 8.23. The Morgan fingerprint density at radius 2 is 1.08 bits per heavy atom. The summed E-state index contributed by atoms with van der Waals surface area (Å²) in [4.78, 5) is 40.8. The Morgan fingerprint density at radius 3 is 1.50 bits per heavy atom. The van der Waals surface area contributed by atoms with E-state index >= 15 is 0 Å². The van der Waals surface area contributed by atoms with Gasteiger partial charge in [-0.15, -0.1) is 0 Å². The zero-order valence-corrected chi connectivity index (χ0v) is 30.3. The van der Waals surface area contributed by atoms with Crippen LogP contribution in [0, 0.1) is 49.4 Å². The zero-order valence-electron chi connectivity index (χ0n) is 30.3. The van der Waals surface area contributed by atoms with Gasteiger partial charge in [0, 0.05) is 16.7 Å². The molecule has 262 valence electrons. The molecule has 4 aliphatic carbocycles. The lowest BCUT2D eigenvalue weighted by Crippen LogP contribution is -2.32. The Balaban J connectivity index is 1.22. The molecule has 0 bridgehead atoms. The van der Waals surface area contributed by atoms with Crippen molar-refractivity contribution in [1.29, 1.82) is 0 Å². The van der Waals surface area contributed by atoms with E-state index in [1.54, 1.807) is 0 Å². The molecule has 1 aliphatic heterocycles. The number of carbonyl (C=O) groups excluding carboxylic acids is 3. The zero-order chi connectivity index (χ0) is 35.1. The van der Waals surface area contributed by atoms with Gasteiger partial charge in [-0.3, -0.25) is 9.59 Å². The highest BCUT2D eigenvalue weighted by Crippen LogP contribution is 2.58. The fourth-order valence-electron chi connectivity index (χ4n) is 10.0. The van der Waals surface area contributed by atoms with Gasteiger partial charge in [-0.25, -0.2) is 4.79 Å². The number of cyclic esters (lactones) is 1. The number of hydrogen-bond acceptors (Lipinski definition) is 6. The average molecular weight is 675 g/mol. The lowest BCUT2D eigenvalue weighted by molar-refractivity contribution is -0.137. The first-order valence-corrected chi connectivity index (χ1v) is 19.1. The van der Waals surface area contributed by atoms with Gasteiger partial charge < -0.3 is 14.2 Å². The van der Waals surface area contributed by atoms with Crippen LogP contribution in [0.5, 0.6) is 11.5 Å². The van der Waals surface area contributed by atoms with Crippen LogP contribution in [-0.2, 0) is 19.9 Å². The molecule has 0 amide bonds. The molecule has 50 heavy (non-hydrogen) atoms. The lowest BCUT2D eigenvalue weighted by Gasteiger charge is -2.34. The molecule has 4 fully saturated rings. The van der Waals surface area contributed by atoms with Crippen molar-refractivity contribution >= 4 is 17.9 Å². The van der Waals surface area contributed by atoms with Crippen LogP contribution in [-0.4, -0.2) is 17.9 Å². The smallest absolute Gasteiger partial charge is 0.340 e. The summed E-state index contributed by atoms with van der Waals surface area (Å²) in [6.07, 6.45) is 9.24. The summed E-state index contributed by atoms with van der Waals surface area (Å²) in [5.41, 5.74) is 5.27. The van der Waals surface area contributed by atoms with Crippen LogP contribution in [0.4, 0.5) is 0 Å². The molecule has 0 saturated heterocycles. The van der Waals surface area contributed by atoms with E-state index in [-0.39, 0.29) is 41.6 Å². The van der Waals surface area contributed by atoms with Gasteiger partial charge in [-0.05, 0) is 128 Å². The average Bonchev–Trinajstić information content (AvgIpc) is 3.98. The topological polar surface area (TPSA) is 78.9 Å². The van der Waals surface area contributed by atoms with Crippen molar-refractivity contribution in [2.24, 2.45) is 35.5 Å². The fraction of sp³-hybridized carbons (Fsp3) is 0.523. The maximum absolute atomic E-state index is 13.8. The molecular formula is C44H50O6. The highest BCUT2D eigenvalue weighted by Gasteiger charge is 2.57. The second kappa shape index (κ2) is 12.4. The Bertz CT molecular complexity index is 1760. The van der Waals surface area contributed by atoms with Gasteiger partial charge in [0.05, 0.1) is 17.4 Å². The molecule has 8 rings (SSSR count). The normalized spacial score (nSPS) is 29.2. The molecule has 2 unspecified atom stereocenters. The lowest BCUT2D eigenvalue weighted by atomic mass is 9.74. The van der Waals surface area contributed by atoms with Crippen molar-refractivity contribution < 1.29 is 28.6 Å². The van der Waals surface area contributed by atoms with Gasteiger partial charge in [0.1, 0.15) is 11.5 Å². The molecule has 6 atom stereocenters. The number of rotatable bonds is 8. The van der Waals surface area contributed by atoms with E-state index in [0.29, 0.717) is 40.7 Å². The van der Waals surface area contributed by atoms with Gasteiger partial charge in [0.15, 0.2) is 5.60 Å². The molecule has 6 nitrogen and oxygen atoms in total. The molecule has 1 heterocycles. The summed E-state index contributed by atoms with van der Waals surface area (Å²) >= 11 is 0. The number of hydrogen-bond donors (Lipinski definition) is 0. The minimum atomic E-state index is -1.25. The van der Waals surface area contributed by atoms with E-state index in [0.717, 1.165) is 64.6 Å². The van der Waals surface area contributed by atoms with Crippen LogP contribution in [0.2, 0.25) is 0 Å². The maximum Gasteiger partial charge on any atom is 0.340 e. The SMILES string of the molecule is Cc1cc(OC(=O)C2[C@H]3CCCC[C@@H]23)c(C(C)C)cc1C1(c2cc(C(C)C)c(OC(=O)C3[C@H]4CCCC[C@@H]34)cc2C)OC(=O)c2ccccc21. The highest BCUT2D eigenvalue weighted by molar-refractivity contribution is 5.96. The van der Waals surface area contributed by atoms with Crippen molar-refractivity contribution in [1.82, 2.24) is 0 Å². The molecule has 3 aromatic carbocycles. The second-order valence-electron chi connectivity index (χ2n) is 16.5. The molecule has 0 spiro atoms. The minimum Gasteiger partial charge on any atom is -0.441 e. The summed E-state index contributed by atoms with van der Waals surface area (Å²) < 4.78 is 19.1. The standard InChI is InChI=1S/C44H50O6/c1-23(2)32-21-35(25(5)19-37(32)48-42(46)39-27-13-7-8-14-28(27)39)44(34-18-12-11-17-31(34)41(45)50-44)36-22-33(24(3)4)38(20-26(36)6)49-43(47)40-29-15-9-10-16-30(29)40/h11-12,17-24,27-30,39-40H,7-10,13-16H2,1-6H3/t27-,28+,29-,30+,39?,40?,44?. The van der Waals surface area contributed by atoms with E-state index in [4.69, 9.17) is 14.2 Å². The van der Waals surface area contributed by atoms with Crippen LogP contribution in [0.25, 0.3) is 0 Å². The van der Waals surface area contributed by atoms with E-state index in [1.807, 2.05) is 50.2 Å². The van der Waals surface area contributed by atoms with E-state index in [9.17, 15) is 14.4 Å². The van der Waals surface area contributed by atoms with Crippen LogP contribution < -0.4 is 9.47 Å². The Labute approximate surface area is 296 Å². The Hall–Kier alpha value is -3.93. The largest absolute Gasteiger partial charge is 0.441 e. The van der Waals surface area contributed by atoms with Gasteiger partial charge in [0.2, 0.25) is 0 Å². The number of esters is 3. The van der Waals surface area contributed by atoms with Crippen LogP contribution >= 0.6 is 0 Å². The van der Waals surface area contributed by atoms with Crippen LogP contribution in [0.15, 0.2) is 48.5 Å². The van der Waals surface area contributed by atoms with E-state index in [2.05, 4.69) is 39.8 Å². The molecule has 4 saturated carbocycles. The van der Waals surface area contributed by atoms with Crippen molar-refractivity contribution in [3.8, 4) is 11.5 Å². The molecule has 0 N–H and O–H groups in total. The number of ether oxygens (including phenoxy) is 3. The third-order valence-corrected chi connectivity index (χ3v) is 12.8. The third-order valence-electron chi connectivity index (χ3n) is 12.8. The monoisotopic (exact) mass is 674 g/mol. The van der Waals surface area contributed by atoms with Gasteiger partial charge in [-0.2, -0.15) is 0 Å². The Morgan fingerprint density at radius 1 is 0.660 bits per heavy atom. The maximum atomic E-state index is 13.8. The van der Waals surface area contributed by atoms with Gasteiger partial charge in [0.25, 0.3) is 0 Å². The molecule has 0 aromatic heterocycles. The number of fused-ring (bicyclic) bond motifs is 3. The minimum absolute atomic E-state index is 0.000171. The predicted octanol–water partition coefficient (Wildman–Crippen LogP) is 9.70. The van der Waals surface area contributed by atoms with Crippen LogP contribution in [0.3, 0.4) is 0 Å². The quantitative estimate of drug-likeness (QED) is 0.175. The molecular weight excluding hydrogens is 624 g/mol. The van der Waals surface area contributed by atoms with E-state index < -0.39 is 5.60 Å². The fourth-order valence-corrected chi connectivity index (χ4v) is 10.0. The van der Waals surface area contributed by atoms with Gasteiger partial charge in [-0.1, -0.05) is 71.6 Å². The van der Waals surface area contributed by atoms with Crippen molar-refractivity contribution in [3.05, 3.63) is 93.0 Å². The number of aryl methyl sites for hydroxylation is 2. The highest BCUT2D eigenvalue weighted by atomic mass is 16.6. The molecule has 6 heteroatoms. The summed E-state index contributed by atoms with van der Waals surface area (Å²) in [5.74, 6) is 2.51.